The molecule has 0 spiro atoms. The van der Waals surface area contributed by atoms with Crippen LogP contribution in [-0.2, 0) is 11.3 Å². The summed E-state index contributed by atoms with van der Waals surface area (Å²) in [5, 5.41) is 0. The van der Waals surface area contributed by atoms with E-state index in [1.165, 1.54) is 44.5 Å². The van der Waals surface area contributed by atoms with Crippen molar-refractivity contribution >= 4 is 0 Å². The van der Waals surface area contributed by atoms with Crippen molar-refractivity contribution in [3.8, 4) is 0 Å². The van der Waals surface area contributed by atoms with Crippen LogP contribution in [0.25, 0.3) is 0 Å². The van der Waals surface area contributed by atoms with E-state index < -0.39 is 0 Å². The molecule has 0 bridgehead atoms. The van der Waals surface area contributed by atoms with E-state index >= 15 is 0 Å². The van der Waals surface area contributed by atoms with E-state index in [0.717, 1.165) is 25.6 Å². The molecule has 0 aromatic carbocycles. The Bertz CT molecular complexity index is 462. The second-order valence-electron chi connectivity index (χ2n) is 6.87. The normalized spacial score (nSPS) is 30.5. The number of ether oxygens (including phenoxy) is 1. The molecule has 1 aromatic rings. The Balaban J connectivity index is 1.28. The summed E-state index contributed by atoms with van der Waals surface area (Å²) in [4.78, 5) is 9.32. The lowest BCUT2D eigenvalue weighted by atomic mass is 10.1. The van der Waals surface area contributed by atoms with Crippen molar-refractivity contribution in [1.82, 2.24) is 14.8 Å². The quantitative estimate of drug-likeness (QED) is 0.825. The maximum absolute atomic E-state index is 6.10. The van der Waals surface area contributed by atoms with Crippen molar-refractivity contribution in [3.05, 3.63) is 30.1 Å². The molecule has 21 heavy (non-hydrogen) atoms. The fourth-order valence-corrected chi connectivity index (χ4v) is 3.63. The summed E-state index contributed by atoms with van der Waals surface area (Å²) in [6, 6.07) is 4.95. The predicted molar refractivity (Wildman–Crippen MR) is 82.0 cm³/mol. The summed E-state index contributed by atoms with van der Waals surface area (Å²) >= 11 is 0. The second kappa shape index (κ2) is 6.03. The fourth-order valence-electron chi connectivity index (χ4n) is 3.63. The van der Waals surface area contributed by atoms with Crippen LogP contribution in [0.4, 0.5) is 0 Å². The third-order valence-electron chi connectivity index (χ3n) is 5.08. The summed E-state index contributed by atoms with van der Waals surface area (Å²) in [6.07, 6.45) is 8.27. The molecule has 0 radical (unpaired) electrons. The van der Waals surface area contributed by atoms with E-state index in [9.17, 15) is 0 Å². The van der Waals surface area contributed by atoms with Crippen molar-refractivity contribution < 1.29 is 4.74 Å². The van der Waals surface area contributed by atoms with E-state index in [1.807, 2.05) is 12.4 Å². The zero-order chi connectivity index (χ0) is 14.1. The molecular formula is C17H25N3O. The summed E-state index contributed by atoms with van der Waals surface area (Å²) in [5.74, 6) is 0.880. The molecule has 2 saturated heterocycles. The summed E-state index contributed by atoms with van der Waals surface area (Å²) in [6.45, 7) is 6.77. The highest BCUT2D eigenvalue weighted by molar-refractivity contribution is 5.10. The zero-order valence-electron chi connectivity index (χ0n) is 12.7. The van der Waals surface area contributed by atoms with Crippen LogP contribution < -0.4 is 0 Å². The first kappa shape index (κ1) is 13.7. The van der Waals surface area contributed by atoms with Crippen molar-refractivity contribution in [3.63, 3.8) is 0 Å². The van der Waals surface area contributed by atoms with Crippen molar-refractivity contribution in [2.45, 2.75) is 38.0 Å². The van der Waals surface area contributed by atoms with Crippen LogP contribution in [0, 0.1) is 5.92 Å². The minimum Gasteiger partial charge on any atom is -0.377 e. The number of hydrogen-bond donors (Lipinski definition) is 0. The molecule has 2 atom stereocenters. The Morgan fingerprint density at radius 2 is 2.00 bits per heavy atom. The number of hydrogen-bond acceptors (Lipinski definition) is 4. The van der Waals surface area contributed by atoms with Gasteiger partial charge in [-0.1, -0.05) is 0 Å². The number of pyridine rings is 1. The van der Waals surface area contributed by atoms with Gasteiger partial charge in [-0.3, -0.25) is 14.8 Å². The van der Waals surface area contributed by atoms with Crippen LogP contribution >= 0.6 is 0 Å². The molecule has 1 aliphatic carbocycles. The van der Waals surface area contributed by atoms with Gasteiger partial charge < -0.3 is 4.74 Å². The molecule has 2 aliphatic heterocycles. The molecule has 114 valence electrons. The van der Waals surface area contributed by atoms with Gasteiger partial charge in [-0.2, -0.15) is 0 Å². The third kappa shape index (κ3) is 3.44. The number of aromatic nitrogens is 1. The Morgan fingerprint density at radius 3 is 2.81 bits per heavy atom. The molecule has 3 aliphatic rings. The first-order chi connectivity index (χ1) is 10.4. The van der Waals surface area contributed by atoms with Gasteiger partial charge >= 0.3 is 0 Å². The lowest BCUT2D eigenvalue weighted by molar-refractivity contribution is 0.0508. The maximum Gasteiger partial charge on any atom is 0.0717 e. The van der Waals surface area contributed by atoms with Crippen LogP contribution in [0.1, 0.15) is 24.8 Å². The molecular weight excluding hydrogens is 262 g/mol. The lowest BCUT2D eigenvalue weighted by Gasteiger charge is -2.37. The van der Waals surface area contributed by atoms with Crippen LogP contribution in [0.2, 0.25) is 0 Å². The van der Waals surface area contributed by atoms with Gasteiger partial charge in [0.25, 0.3) is 0 Å². The highest BCUT2D eigenvalue weighted by Crippen LogP contribution is 2.31. The molecule has 1 aromatic heterocycles. The Hall–Kier alpha value is -0.970. The second-order valence-corrected chi connectivity index (χ2v) is 6.87. The van der Waals surface area contributed by atoms with Gasteiger partial charge in [0.1, 0.15) is 0 Å². The Labute approximate surface area is 127 Å². The molecule has 4 nitrogen and oxygen atoms in total. The van der Waals surface area contributed by atoms with Crippen LogP contribution in [0.5, 0.6) is 0 Å². The van der Waals surface area contributed by atoms with Gasteiger partial charge in [0.2, 0.25) is 0 Å². The number of fused-ring (bicyclic) bond motifs is 1. The molecule has 0 amide bonds. The molecule has 3 fully saturated rings. The average molecular weight is 287 g/mol. The molecule has 4 heteroatoms. The summed E-state index contributed by atoms with van der Waals surface area (Å²) < 4.78 is 6.10. The summed E-state index contributed by atoms with van der Waals surface area (Å²) in [7, 11) is 0. The van der Waals surface area contributed by atoms with Crippen LogP contribution in [-0.4, -0.2) is 59.7 Å². The van der Waals surface area contributed by atoms with Gasteiger partial charge in [0.15, 0.2) is 0 Å². The van der Waals surface area contributed by atoms with Crippen molar-refractivity contribution in [2.75, 3.05) is 32.8 Å². The minimum absolute atomic E-state index is 0.483. The molecule has 2 unspecified atom stereocenters. The average Bonchev–Trinajstić information content (AvgIpc) is 3.25. The number of nitrogens with zero attached hydrogens (tertiary/aromatic N) is 3. The minimum atomic E-state index is 0.483. The zero-order valence-corrected chi connectivity index (χ0v) is 12.7. The molecule has 3 heterocycles. The number of piperazine rings is 1. The number of rotatable bonds is 5. The fraction of sp³-hybridized carbons (Fsp3) is 0.706. The first-order valence-corrected chi connectivity index (χ1v) is 8.34. The predicted octanol–water partition coefficient (Wildman–Crippen LogP) is 1.77. The van der Waals surface area contributed by atoms with Crippen molar-refractivity contribution in [1.29, 1.82) is 0 Å². The van der Waals surface area contributed by atoms with E-state index in [1.54, 1.807) is 0 Å². The van der Waals surface area contributed by atoms with Gasteiger partial charge in [0, 0.05) is 57.8 Å². The van der Waals surface area contributed by atoms with Gasteiger partial charge in [-0.15, -0.1) is 0 Å². The summed E-state index contributed by atoms with van der Waals surface area (Å²) in [5.41, 5.74) is 1.37. The monoisotopic (exact) mass is 287 g/mol. The van der Waals surface area contributed by atoms with E-state index in [2.05, 4.69) is 26.9 Å². The topological polar surface area (TPSA) is 28.6 Å². The van der Waals surface area contributed by atoms with Crippen LogP contribution in [0.15, 0.2) is 24.5 Å². The maximum atomic E-state index is 6.10. The van der Waals surface area contributed by atoms with Gasteiger partial charge in [-0.05, 0) is 42.9 Å². The van der Waals surface area contributed by atoms with E-state index in [4.69, 9.17) is 4.74 Å². The van der Waals surface area contributed by atoms with Crippen molar-refractivity contribution in [2.24, 2.45) is 5.92 Å². The highest BCUT2D eigenvalue weighted by Gasteiger charge is 2.37. The standard InChI is InChI=1S/C17H25N3O/c1-2-15(1)13-21-17-9-16-11-19(7-8-20(16)12-17)10-14-3-5-18-6-4-14/h3-6,15-17H,1-2,7-13H2. The van der Waals surface area contributed by atoms with Crippen LogP contribution in [0.3, 0.4) is 0 Å². The van der Waals surface area contributed by atoms with E-state index in [0.29, 0.717) is 12.1 Å². The Kier molecular flexibility index (Phi) is 3.93. The SMILES string of the molecule is c1cc(CN2CCN3CC(OCC4CC4)CC3C2)ccn1. The van der Waals surface area contributed by atoms with E-state index in [-0.39, 0.29) is 0 Å². The Morgan fingerprint density at radius 1 is 1.14 bits per heavy atom. The highest BCUT2D eigenvalue weighted by atomic mass is 16.5. The van der Waals surface area contributed by atoms with Gasteiger partial charge in [-0.25, -0.2) is 0 Å². The smallest absolute Gasteiger partial charge is 0.0717 e. The molecule has 4 rings (SSSR count). The van der Waals surface area contributed by atoms with Gasteiger partial charge in [0.05, 0.1) is 6.10 Å². The third-order valence-corrected chi connectivity index (χ3v) is 5.08. The largest absolute Gasteiger partial charge is 0.377 e. The molecule has 1 saturated carbocycles. The first-order valence-electron chi connectivity index (χ1n) is 8.34. The molecule has 0 N–H and O–H groups in total. The lowest BCUT2D eigenvalue weighted by Crippen LogP contribution is -2.49.